The summed E-state index contributed by atoms with van der Waals surface area (Å²) in [7, 11) is 17.0. The number of aromatic nitrogens is 2. The molecule has 0 saturated heterocycles. The second kappa shape index (κ2) is 18.1. The van der Waals surface area contributed by atoms with Crippen molar-refractivity contribution in [2.24, 2.45) is 10.2 Å². The highest BCUT2D eigenvalue weighted by molar-refractivity contribution is 7.99. The van der Waals surface area contributed by atoms with Gasteiger partial charge in [0, 0.05) is 22.6 Å². The van der Waals surface area contributed by atoms with Gasteiger partial charge in [0.25, 0.3) is 0 Å². The lowest BCUT2D eigenvalue weighted by molar-refractivity contribution is 0.211. The molecule has 6 aromatic rings. The average molecular weight is 806 g/mol. The van der Waals surface area contributed by atoms with Crippen LogP contribution in [0, 0.1) is 13.8 Å². The Morgan fingerprint density at radius 2 is 0.887 bits per heavy atom. The standard InChI is InChI=1S/C40H48N8S4.ClH/c1-25-19-35-33(21-29(25)23-49-39(45(3)4)46(5)6)41-37(51-35)27-11-15-31(16-12-27)43-44-32-17-13-28(14-18-32)38-42-34-22-30(26(2)20-36(34)52-38)24-50-40(47(7)8)48(9)10;/h11-22,39-40H,23-24H2,1-10H3;1H. The molecule has 0 fully saturated rings. The number of azo groups is 1. The van der Waals surface area contributed by atoms with Crippen LogP contribution in [0.2, 0.25) is 0 Å². The van der Waals surface area contributed by atoms with Gasteiger partial charge in [-0.3, -0.25) is 19.6 Å². The van der Waals surface area contributed by atoms with Gasteiger partial charge in [-0.05, 0) is 165 Å². The van der Waals surface area contributed by atoms with Gasteiger partial charge in [-0.25, -0.2) is 9.97 Å². The largest absolute Gasteiger partial charge is 0.286 e. The van der Waals surface area contributed by atoms with E-state index in [1.807, 2.05) is 47.8 Å². The summed E-state index contributed by atoms with van der Waals surface area (Å²) >= 11 is 7.32. The fraction of sp³-hybridized carbons (Fsp3) is 0.350. The molecule has 0 amide bonds. The maximum atomic E-state index is 5.01. The second-order valence-electron chi connectivity index (χ2n) is 14.0. The third-order valence-corrected chi connectivity index (χ3v) is 14.1. The summed E-state index contributed by atoms with van der Waals surface area (Å²) in [6, 6.07) is 25.4. The Morgan fingerprint density at radius 1 is 0.547 bits per heavy atom. The van der Waals surface area contributed by atoms with Crippen LogP contribution in [0.1, 0.15) is 22.3 Å². The van der Waals surface area contributed by atoms with E-state index in [1.165, 1.54) is 31.7 Å². The molecule has 4 aromatic carbocycles. The Hall–Kier alpha value is -2.91. The Morgan fingerprint density at radius 3 is 1.21 bits per heavy atom. The number of hydrogen-bond donors (Lipinski definition) is 0. The van der Waals surface area contributed by atoms with Gasteiger partial charge in [0.2, 0.25) is 0 Å². The van der Waals surface area contributed by atoms with Crippen LogP contribution in [0.3, 0.4) is 0 Å². The molecule has 0 aliphatic heterocycles. The van der Waals surface area contributed by atoms with E-state index in [4.69, 9.17) is 9.97 Å². The molecule has 0 aliphatic rings. The minimum absolute atomic E-state index is 0. The number of thiazole rings is 2. The van der Waals surface area contributed by atoms with Crippen molar-refractivity contribution in [1.29, 1.82) is 0 Å². The molecule has 0 N–H and O–H groups in total. The van der Waals surface area contributed by atoms with E-state index in [2.05, 4.69) is 149 Å². The van der Waals surface area contributed by atoms with Crippen LogP contribution in [0.5, 0.6) is 0 Å². The van der Waals surface area contributed by atoms with Crippen LogP contribution in [0.25, 0.3) is 41.6 Å². The minimum Gasteiger partial charge on any atom is -0.286 e. The lowest BCUT2D eigenvalue weighted by Gasteiger charge is -2.29. The van der Waals surface area contributed by atoms with Crippen LogP contribution >= 0.6 is 58.6 Å². The van der Waals surface area contributed by atoms with Crippen LogP contribution in [-0.4, -0.2) is 96.9 Å². The number of benzene rings is 4. The Labute approximate surface area is 337 Å². The predicted molar refractivity (Wildman–Crippen MR) is 236 cm³/mol. The van der Waals surface area contributed by atoms with Gasteiger partial charge in [0.05, 0.1) is 31.8 Å². The molecule has 0 saturated carbocycles. The van der Waals surface area contributed by atoms with Gasteiger partial charge in [-0.15, -0.1) is 58.6 Å². The molecule has 0 unspecified atom stereocenters. The van der Waals surface area contributed by atoms with Gasteiger partial charge in [-0.2, -0.15) is 10.2 Å². The highest BCUT2D eigenvalue weighted by atomic mass is 35.5. The van der Waals surface area contributed by atoms with Crippen LogP contribution < -0.4 is 0 Å². The third-order valence-electron chi connectivity index (χ3n) is 8.74. The van der Waals surface area contributed by atoms with E-state index >= 15 is 0 Å². The molecule has 0 aliphatic carbocycles. The summed E-state index contributed by atoms with van der Waals surface area (Å²) in [6.45, 7) is 4.40. The van der Waals surface area contributed by atoms with E-state index in [9.17, 15) is 0 Å². The Bertz CT molecular complexity index is 1990. The molecule has 2 heterocycles. The smallest absolute Gasteiger partial charge is 0.124 e. The number of nitrogens with zero attached hydrogens (tertiary/aromatic N) is 8. The van der Waals surface area contributed by atoms with Crippen LogP contribution in [0.4, 0.5) is 11.4 Å². The molecule has 2 aromatic heterocycles. The fourth-order valence-corrected chi connectivity index (χ4v) is 10.7. The lowest BCUT2D eigenvalue weighted by Crippen LogP contribution is -2.37. The normalized spacial score (nSPS) is 12.3. The van der Waals surface area contributed by atoms with Gasteiger partial charge in [-0.1, -0.05) is 0 Å². The van der Waals surface area contributed by atoms with Crippen molar-refractivity contribution in [3.8, 4) is 21.1 Å². The van der Waals surface area contributed by atoms with Gasteiger partial charge >= 0.3 is 0 Å². The van der Waals surface area contributed by atoms with Crippen molar-refractivity contribution < 1.29 is 0 Å². The first kappa shape index (κ1) is 41.3. The Balaban J connectivity index is 0.00000541. The van der Waals surface area contributed by atoms with E-state index in [1.54, 1.807) is 22.7 Å². The summed E-state index contributed by atoms with van der Waals surface area (Å²) in [6.07, 6.45) is 0. The zero-order chi connectivity index (χ0) is 37.1. The molecule has 6 rings (SSSR count). The quantitative estimate of drug-likeness (QED) is 0.0797. The molecular weight excluding hydrogens is 756 g/mol. The zero-order valence-corrected chi connectivity index (χ0v) is 36.2. The maximum absolute atomic E-state index is 5.01. The van der Waals surface area contributed by atoms with Crippen molar-refractivity contribution >= 4 is 90.4 Å². The number of halogens is 1. The first-order valence-electron chi connectivity index (χ1n) is 17.2. The van der Waals surface area contributed by atoms with Crippen LogP contribution in [0.15, 0.2) is 83.0 Å². The number of aryl methyl sites for hydroxylation is 2. The predicted octanol–water partition coefficient (Wildman–Crippen LogP) is 11.0. The van der Waals surface area contributed by atoms with Crippen molar-refractivity contribution in [2.45, 2.75) is 36.3 Å². The molecule has 13 heteroatoms. The van der Waals surface area contributed by atoms with Gasteiger partial charge < -0.3 is 0 Å². The van der Waals surface area contributed by atoms with E-state index in [-0.39, 0.29) is 12.4 Å². The topological polar surface area (TPSA) is 63.5 Å². The van der Waals surface area contributed by atoms with Gasteiger partial charge in [0.1, 0.15) is 21.0 Å². The number of fused-ring (bicyclic) bond motifs is 2. The molecule has 0 bridgehead atoms. The van der Waals surface area contributed by atoms with E-state index in [0.29, 0.717) is 11.0 Å². The van der Waals surface area contributed by atoms with Gasteiger partial charge in [0.15, 0.2) is 0 Å². The van der Waals surface area contributed by atoms with Crippen molar-refractivity contribution in [2.75, 3.05) is 56.4 Å². The summed E-state index contributed by atoms with van der Waals surface area (Å²) in [5.74, 6) is 1.88. The SMILES string of the molecule is Cc1cc2sc(-c3ccc(N=Nc4ccc(-c5nc6cc(CSC(N(C)C)N(C)C)c(C)cc6s5)cc4)cc3)nc2cc1CSC(N(C)C)N(C)C.Cl. The molecule has 0 spiro atoms. The summed E-state index contributed by atoms with van der Waals surface area (Å²) < 4.78 is 2.42. The summed E-state index contributed by atoms with van der Waals surface area (Å²) in [5.41, 5.74) is 11.8. The fourth-order valence-electron chi connectivity index (χ4n) is 6.10. The zero-order valence-electron chi connectivity index (χ0n) is 32.1. The van der Waals surface area contributed by atoms with E-state index < -0.39 is 0 Å². The first-order chi connectivity index (χ1) is 24.9. The highest BCUT2D eigenvalue weighted by Gasteiger charge is 2.18. The summed E-state index contributed by atoms with van der Waals surface area (Å²) in [4.78, 5) is 19.0. The van der Waals surface area contributed by atoms with E-state index in [0.717, 1.165) is 55.1 Å². The Kier molecular flexibility index (Phi) is 14.1. The highest BCUT2D eigenvalue weighted by Crippen LogP contribution is 2.36. The second-order valence-corrected chi connectivity index (χ2v) is 18.1. The molecule has 0 atom stereocenters. The molecule has 53 heavy (non-hydrogen) atoms. The lowest BCUT2D eigenvalue weighted by atomic mass is 10.1. The minimum atomic E-state index is 0. The number of rotatable bonds is 14. The van der Waals surface area contributed by atoms with Crippen molar-refractivity contribution in [3.63, 3.8) is 0 Å². The number of thioether (sulfide) groups is 2. The maximum Gasteiger partial charge on any atom is 0.124 e. The molecule has 280 valence electrons. The average Bonchev–Trinajstić information content (AvgIpc) is 3.71. The first-order valence-corrected chi connectivity index (χ1v) is 20.9. The van der Waals surface area contributed by atoms with Crippen molar-refractivity contribution in [1.82, 2.24) is 29.6 Å². The summed E-state index contributed by atoms with van der Waals surface area (Å²) in [5, 5.41) is 11.1. The van der Waals surface area contributed by atoms with Crippen LogP contribution in [-0.2, 0) is 11.5 Å². The molecule has 0 radical (unpaired) electrons. The van der Waals surface area contributed by atoms with Crippen molar-refractivity contribution in [3.05, 3.63) is 95.1 Å². The third kappa shape index (κ3) is 10.0. The molecular formula is C40H49ClN8S4. The number of hydrogen-bond acceptors (Lipinski definition) is 12. The molecule has 8 nitrogen and oxygen atoms in total. The monoisotopic (exact) mass is 804 g/mol.